The molecule has 0 bridgehead atoms. The second-order valence-electron chi connectivity index (χ2n) is 4.73. The molecule has 0 amide bonds. The number of anilines is 1. The highest BCUT2D eigenvalue weighted by atomic mass is 32.2. The number of para-hydroxylation sites is 1. The standard InChI is InChI=1S/C12H17F3N2O2S/c1-8(2)9(16)7-17-10-5-3-4-6-11(10)20(18,19)12(13,14)15/h3-6,8-9,17H,7,16H2,1-2H3. The molecular weight excluding hydrogens is 293 g/mol. The minimum absolute atomic E-state index is 0.0964. The number of halogens is 3. The Kier molecular flexibility index (Phi) is 5.04. The van der Waals surface area contributed by atoms with Crippen LogP contribution in [0.5, 0.6) is 0 Å². The molecule has 0 aliphatic rings. The summed E-state index contributed by atoms with van der Waals surface area (Å²) in [7, 11) is -5.38. The Bertz CT molecular complexity index is 556. The molecule has 3 N–H and O–H groups in total. The van der Waals surface area contributed by atoms with Crippen LogP contribution in [-0.4, -0.2) is 26.5 Å². The van der Waals surface area contributed by atoms with Gasteiger partial charge in [-0.05, 0) is 18.1 Å². The van der Waals surface area contributed by atoms with E-state index in [1.807, 2.05) is 13.8 Å². The Morgan fingerprint density at radius 1 is 1.25 bits per heavy atom. The van der Waals surface area contributed by atoms with Crippen molar-refractivity contribution in [3.8, 4) is 0 Å². The molecule has 0 aliphatic heterocycles. The topological polar surface area (TPSA) is 72.2 Å². The maximum Gasteiger partial charge on any atom is 0.501 e. The van der Waals surface area contributed by atoms with E-state index in [9.17, 15) is 21.6 Å². The van der Waals surface area contributed by atoms with Crippen LogP contribution in [0.3, 0.4) is 0 Å². The molecule has 0 heterocycles. The third-order valence-corrected chi connectivity index (χ3v) is 4.41. The molecule has 0 fully saturated rings. The molecule has 0 saturated carbocycles. The van der Waals surface area contributed by atoms with Gasteiger partial charge in [0, 0.05) is 12.6 Å². The number of hydrogen-bond acceptors (Lipinski definition) is 4. The third kappa shape index (κ3) is 3.63. The monoisotopic (exact) mass is 310 g/mol. The Morgan fingerprint density at radius 3 is 2.30 bits per heavy atom. The summed E-state index contributed by atoms with van der Waals surface area (Å²) in [4.78, 5) is -0.788. The van der Waals surface area contributed by atoms with E-state index in [4.69, 9.17) is 5.73 Å². The molecule has 1 aromatic carbocycles. The minimum atomic E-state index is -5.38. The highest BCUT2D eigenvalue weighted by molar-refractivity contribution is 7.92. The van der Waals surface area contributed by atoms with Gasteiger partial charge in [0.2, 0.25) is 0 Å². The van der Waals surface area contributed by atoms with Crippen molar-refractivity contribution in [1.29, 1.82) is 0 Å². The fourth-order valence-corrected chi connectivity index (χ4v) is 2.37. The zero-order chi connectivity index (χ0) is 15.6. The van der Waals surface area contributed by atoms with E-state index in [-0.39, 0.29) is 24.2 Å². The van der Waals surface area contributed by atoms with Crippen molar-refractivity contribution in [2.75, 3.05) is 11.9 Å². The van der Waals surface area contributed by atoms with E-state index in [2.05, 4.69) is 5.32 Å². The molecule has 1 rings (SSSR count). The number of rotatable bonds is 5. The predicted octanol–water partition coefficient (Wildman–Crippen LogP) is 2.38. The van der Waals surface area contributed by atoms with Crippen LogP contribution in [0, 0.1) is 5.92 Å². The first kappa shape index (κ1) is 16.8. The fraction of sp³-hybridized carbons (Fsp3) is 0.500. The number of hydrogen-bond donors (Lipinski definition) is 2. The number of sulfone groups is 1. The zero-order valence-electron chi connectivity index (χ0n) is 11.1. The Labute approximate surface area is 116 Å². The lowest BCUT2D eigenvalue weighted by molar-refractivity contribution is -0.0435. The average Bonchev–Trinajstić information content (AvgIpc) is 2.34. The summed E-state index contributed by atoms with van der Waals surface area (Å²) in [6.45, 7) is 3.91. The van der Waals surface area contributed by atoms with Crippen molar-refractivity contribution < 1.29 is 21.6 Å². The largest absolute Gasteiger partial charge is 0.501 e. The van der Waals surface area contributed by atoms with Gasteiger partial charge in [-0.15, -0.1) is 0 Å². The summed E-state index contributed by atoms with van der Waals surface area (Å²) < 4.78 is 60.7. The maximum absolute atomic E-state index is 12.6. The quantitative estimate of drug-likeness (QED) is 0.876. The Balaban J connectivity index is 3.07. The van der Waals surface area contributed by atoms with E-state index in [1.54, 1.807) is 0 Å². The Morgan fingerprint density at radius 2 is 1.80 bits per heavy atom. The zero-order valence-corrected chi connectivity index (χ0v) is 11.9. The van der Waals surface area contributed by atoms with Crippen LogP contribution in [0.25, 0.3) is 0 Å². The van der Waals surface area contributed by atoms with Crippen molar-refractivity contribution in [2.45, 2.75) is 30.3 Å². The van der Waals surface area contributed by atoms with Gasteiger partial charge >= 0.3 is 5.51 Å². The first-order valence-corrected chi connectivity index (χ1v) is 7.45. The molecule has 4 nitrogen and oxygen atoms in total. The van der Waals surface area contributed by atoms with Crippen molar-refractivity contribution >= 4 is 15.5 Å². The van der Waals surface area contributed by atoms with Crippen LogP contribution in [0.1, 0.15) is 13.8 Å². The summed E-state index contributed by atoms with van der Waals surface area (Å²) >= 11 is 0. The SMILES string of the molecule is CC(C)C(N)CNc1ccccc1S(=O)(=O)C(F)(F)F. The molecule has 8 heteroatoms. The van der Waals surface area contributed by atoms with Crippen LogP contribution < -0.4 is 11.1 Å². The van der Waals surface area contributed by atoms with Crippen LogP contribution in [0.2, 0.25) is 0 Å². The van der Waals surface area contributed by atoms with E-state index in [0.29, 0.717) is 0 Å². The second kappa shape index (κ2) is 6.01. The predicted molar refractivity (Wildman–Crippen MR) is 71.0 cm³/mol. The lowest BCUT2D eigenvalue weighted by Gasteiger charge is -2.19. The van der Waals surface area contributed by atoms with Crippen LogP contribution in [-0.2, 0) is 9.84 Å². The van der Waals surface area contributed by atoms with Crippen LogP contribution in [0.15, 0.2) is 29.2 Å². The first-order chi connectivity index (χ1) is 9.07. The van der Waals surface area contributed by atoms with Gasteiger partial charge in [-0.25, -0.2) is 8.42 Å². The highest BCUT2D eigenvalue weighted by Gasteiger charge is 2.47. The lowest BCUT2D eigenvalue weighted by atomic mass is 10.1. The normalized spacial score (nSPS) is 14.3. The van der Waals surface area contributed by atoms with Crippen molar-refractivity contribution in [3.05, 3.63) is 24.3 Å². The highest BCUT2D eigenvalue weighted by Crippen LogP contribution is 2.34. The lowest BCUT2D eigenvalue weighted by Crippen LogP contribution is -2.34. The van der Waals surface area contributed by atoms with Gasteiger partial charge in [0.15, 0.2) is 0 Å². The van der Waals surface area contributed by atoms with Crippen molar-refractivity contribution in [2.24, 2.45) is 11.7 Å². The molecule has 0 saturated heterocycles. The molecule has 0 spiro atoms. The van der Waals surface area contributed by atoms with E-state index >= 15 is 0 Å². The summed E-state index contributed by atoms with van der Waals surface area (Å²) in [6.07, 6.45) is 0. The molecule has 1 aromatic rings. The molecule has 0 aliphatic carbocycles. The van der Waals surface area contributed by atoms with Gasteiger partial charge in [-0.1, -0.05) is 26.0 Å². The Hall–Kier alpha value is -1.28. The van der Waals surface area contributed by atoms with Crippen LogP contribution >= 0.6 is 0 Å². The number of nitrogens with one attached hydrogen (secondary N) is 1. The van der Waals surface area contributed by atoms with E-state index in [1.165, 1.54) is 18.2 Å². The summed E-state index contributed by atoms with van der Waals surface area (Å²) in [5, 5.41) is 2.67. The van der Waals surface area contributed by atoms with Gasteiger partial charge in [0.25, 0.3) is 9.84 Å². The third-order valence-electron chi connectivity index (χ3n) is 2.87. The van der Waals surface area contributed by atoms with Crippen molar-refractivity contribution in [1.82, 2.24) is 0 Å². The molecule has 20 heavy (non-hydrogen) atoms. The minimum Gasteiger partial charge on any atom is -0.382 e. The van der Waals surface area contributed by atoms with Gasteiger partial charge in [0.1, 0.15) is 0 Å². The molecule has 0 aromatic heterocycles. The second-order valence-corrected chi connectivity index (χ2v) is 6.64. The number of nitrogens with two attached hydrogens (primary N) is 1. The first-order valence-electron chi connectivity index (χ1n) is 5.97. The fourth-order valence-electron chi connectivity index (χ4n) is 1.44. The molecule has 114 valence electrons. The number of benzene rings is 1. The maximum atomic E-state index is 12.6. The van der Waals surface area contributed by atoms with Gasteiger partial charge in [-0.2, -0.15) is 13.2 Å². The summed E-state index contributed by atoms with van der Waals surface area (Å²) in [5.41, 5.74) is 0.350. The van der Waals surface area contributed by atoms with Gasteiger partial charge < -0.3 is 11.1 Å². The summed E-state index contributed by atoms with van der Waals surface area (Å²) in [5.74, 6) is 0.119. The van der Waals surface area contributed by atoms with E-state index in [0.717, 1.165) is 6.07 Å². The average molecular weight is 310 g/mol. The van der Waals surface area contributed by atoms with Gasteiger partial charge in [-0.3, -0.25) is 0 Å². The number of alkyl halides is 3. The molecule has 1 unspecified atom stereocenters. The molecule has 1 atom stereocenters. The molecular formula is C12H17F3N2O2S. The summed E-state index contributed by atoms with van der Waals surface area (Å²) in [6, 6.07) is 4.61. The van der Waals surface area contributed by atoms with Gasteiger partial charge in [0.05, 0.1) is 10.6 Å². The van der Waals surface area contributed by atoms with E-state index < -0.39 is 20.2 Å². The smallest absolute Gasteiger partial charge is 0.382 e. The molecule has 0 radical (unpaired) electrons. The van der Waals surface area contributed by atoms with Crippen molar-refractivity contribution in [3.63, 3.8) is 0 Å². The van der Waals surface area contributed by atoms with Crippen LogP contribution in [0.4, 0.5) is 18.9 Å².